The largest absolute Gasteiger partial charge is 0.375 e. The lowest BCUT2D eigenvalue weighted by atomic mass is 9.82. The number of nitrogens with zero attached hydrogens (tertiary/aromatic N) is 2. The molecule has 1 unspecified atom stereocenters. The maximum absolute atomic E-state index is 6.19. The lowest BCUT2D eigenvalue weighted by Crippen LogP contribution is -2.52. The molecule has 2 aliphatic rings. The number of H-pyrrole nitrogens is 1. The van der Waals surface area contributed by atoms with Crippen molar-refractivity contribution >= 4 is 47.4 Å². The van der Waals surface area contributed by atoms with Crippen LogP contribution in [0.2, 0.25) is 5.02 Å². The van der Waals surface area contributed by atoms with Crippen molar-refractivity contribution in [1.29, 1.82) is 0 Å². The highest BCUT2D eigenvalue weighted by atomic mass is 35.5. The Balaban J connectivity index is 0.00000121. The summed E-state index contributed by atoms with van der Waals surface area (Å²) in [5.41, 5.74) is 2.07. The topological polar surface area (TPSA) is 53.2 Å². The molecule has 0 radical (unpaired) electrons. The number of aromatic nitrogens is 2. The molecule has 5 nitrogen and oxygen atoms in total. The van der Waals surface area contributed by atoms with Crippen LogP contribution in [0.5, 0.6) is 0 Å². The highest BCUT2D eigenvalue weighted by molar-refractivity contribution is 6.31. The minimum Gasteiger partial charge on any atom is -0.375 e. The average Bonchev–Trinajstić information content (AvgIpc) is 2.97. The number of fused-ring (bicyclic) bond motifs is 1. The molecule has 0 bridgehead atoms. The van der Waals surface area contributed by atoms with Gasteiger partial charge in [-0.25, -0.2) is 4.98 Å². The lowest BCUT2D eigenvalue weighted by Gasteiger charge is -2.45. The van der Waals surface area contributed by atoms with Crippen molar-refractivity contribution in [2.75, 3.05) is 26.7 Å². The fourth-order valence-electron chi connectivity index (χ4n) is 4.08. The third-order valence-corrected chi connectivity index (χ3v) is 5.73. The van der Waals surface area contributed by atoms with E-state index in [2.05, 4.69) is 22.2 Å². The number of nitrogens with one attached hydrogen (secondary N) is 2. The van der Waals surface area contributed by atoms with Crippen LogP contribution in [0.25, 0.3) is 11.0 Å². The molecule has 2 fully saturated rings. The summed E-state index contributed by atoms with van der Waals surface area (Å²) in [6.07, 6.45) is 4.47. The van der Waals surface area contributed by atoms with Crippen LogP contribution in [0, 0.1) is 0 Å². The lowest BCUT2D eigenvalue weighted by molar-refractivity contribution is -0.119. The number of aromatic amines is 1. The Bertz CT molecular complexity index is 712. The van der Waals surface area contributed by atoms with Gasteiger partial charge in [-0.15, -0.1) is 24.8 Å². The number of hydrogen-bond acceptors (Lipinski definition) is 4. The van der Waals surface area contributed by atoms with Gasteiger partial charge >= 0.3 is 0 Å². The van der Waals surface area contributed by atoms with Gasteiger partial charge < -0.3 is 15.0 Å². The molecule has 2 saturated heterocycles. The van der Waals surface area contributed by atoms with Crippen molar-refractivity contribution in [2.45, 2.75) is 43.9 Å². The van der Waals surface area contributed by atoms with Crippen LogP contribution >= 0.6 is 36.4 Å². The molecule has 0 aliphatic carbocycles. The molecule has 2 aliphatic heterocycles. The zero-order valence-electron chi connectivity index (χ0n) is 15.0. The van der Waals surface area contributed by atoms with Gasteiger partial charge in [0, 0.05) is 17.7 Å². The first-order valence-corrected chi connectivity index (χ1v) is 9.20. The molecule has 0 saturated carbocycles. The van der Waals surface area contributed by atoms with Crippen LogP contribution in [-0.2, 0) is 11.3 Å². The molecule has 2 aromatic rings. The number of imidazole rings is 1. The van der Waals surface area contributed by atoms with Crippen LogP contribution in [0.4, 0.5) is 0 Å². The summed E-state index contributed by atoms with van der Waals surface area (Å²) in [7, 11) is 2.20. The standard InChI is InChI=1S/C18H25ClN4O.2ClH/c1-23(12-17-21-15-3-2-13(19)10-16(15)22-17)14-4-9-24-18(11-14)5-7-20-8-6-18;;/h2-3,10,14,20H,4-9,11-12H2,1H3,(H,21,22);2*1H. The molecule has 0 amide bonds. The monoisotopic (exact) mass is 420 g/mol. The smallest absolute Gasteiger partial charge is 0.121 e. The number of hydrogen-bond donors (Lipinski definition) is 2. The molecule has 3 heterocycles. The summed E-state index contributed by atoms with van der Waals surface area (Å²) in [5.74, 6) is 1.00. The van der Waals surface area contributed by atoms with E-state index < -0.39 is 0 Å². The normalized spacial score (nSPS) is 22.2. The van der Waals surface area contributed by atoms with E-state index in [1.54, 1.807) is 0 Å². The Morgan fingerprint density at radius 3 is 2.85 bits per heavy atom. The van der Waals surface area contributed by atoms with Crippen molar-refractivity contribution in [1.82, 2.24) is 20.2 Å². The van der Waals surface area contributed by atoms with E-state index in [4.69, 9.17) is 21.3 Å². The maximum atomic E-state index is 6.19. The number of ether oxygens (including phenoxy) is 1. The fraction of sp³-hybridized carbons (Fsp3) is 0.611. The molecule has 1 spiro atoms. The van der Waals surface area contributed by atoms with E-state index in [9.17, 15) is 0 Å². The summed E-state index contributed by atoms with van der Waals surface area (Å²) in [5, 5.41) is 4.18. The van der Waals surface area contributed by atoms with Crippen LogP contribution in [0.3, 0.4) is 0 Å². The SMILES string of the molecule is CN(Cc1nc2ccc(Cl)cc2[nH]1)C1CCOC2(CCNCC2)C1.Cl.Cl. The van der Waals surface area contributed by atoms with Gasteiger partial charge in [0.25, 0.3) is 0 Å². The van der Waals surface area contributed by atoms with Crippen LogP contribution in [0.1, 0.15) is 31.5 Å². The first-order chi connectivity index (χ1) is 11.6. The Hall–Kier alpha value is -0.560. The Kier molecular flexibility index (Phi) is 7.60. The maximum Gasteiger partial charge on any atom is 0.121 e. The number of benzene rings is 1. The fourth-order valence-corrected chi connectivity index (χ4v) is 4.26. The summed E-state index contributed by atoms with van der Waals surface area (Å²) < 4.78 is 6.19. The molecule has 146 valence electrons. The van der Waals surface area contributed by atoms with Crippen LogP contribution in [0.15, 0.2) is 18.2 Å². The minimum absolute atomic E-state index is 0. The van der Waals surface area contributed by atoms with Gasteiger partial charge in [-0.2, -0.15) is 0 Å². The summed E-state index contributed by atoms with van der Waals surface area (Å²) >= 11 is 6.06. The summed E-state index contributed by atoms with van der Waals surface area (Å²) in [4.78, 5) is 10.5. The number of halogens is 3. The number of rotatable bonds is 3. The van der Waals surface area contributed by atoms with E-state index in [-0.39, 0.29) is 30.4 Å². The third-order valence-electron chi connectivity index (χ3n) is 5.50. The van der Waals surface area contributed by atoms with Gasteiger partial charge in [0.15, 0.2) is 0 Å². The first kappa shape index (κ1) is 21.7. The van der Waals surface area contributed by atoms with Crippen LogP contribution in [-0.4, -0.2) is 53.3 Å². The summed E-state index contributed by atoms with van der Waals surface area (Å²) in [6.45, 7) is 3.83. The Labute approximate surface area is 172 Å². The minimum atomic E-state index is 0. The Morgan fingerprint density at radius 1 is 1.31 bits per heavy atom. The van der Waals surface area contributed by atoms with Gasteiger partial charge in [0.1, 0.15) is 5.82 Å². The van der Waals surface area contributed by atoms with Crippen molar-refractivity contribution in [3.05, 3.63) is 29.0 Å². The second-order valence-corrected chi connectivity index (χ2v) is 7.62. The molecule has 4 rings (SSSR count). The van der Waals surface area contributed by atoms with E-state index in [1.165, 1.54) is 0 Å². The molecule has 1 aromatic carbocycles. The molecule has 8 heteroatoms. The molecular formula is C18H27Cl3N4O. The van der Waals surface area contributed by atoms with Gasteiger partial charge in [-0.3, -0.25) is 4.90 Å². The zero-order valence-corrected chi connectivity index (χ0v) is 17.4. The third kappa shape index (κ3) is 4.64. The predicted molar refractivity (Wildman–Crippen MR) is 111 cm³/mol. The van der Waals surface area contributed by atoms with Gasteiger partial charge in [0.05, 0.1) is 23.2 Å². The molecular weight excluding hydrogens is 395 g/mol. The highest BCUT2D eigenvalue weighted by Crippen LogP contribution is 2.35. The van der Waals surface area contributed by atoms with Crippen molar-refractivity contribution in [3.63, 3.8) is 0 Å². The van der Waals surface area contributed by atoms with Gasteiger partial charge in [-0.1, -0.05) is 11.6 Å². The first-order valence-electron chi connectivity index (χ1n) is 8.83. The highest BCUT2D eigenvalue weighted by Gasteiger charge is 2.39. The summed E-state index contributed by atoms with van der Waals surface area (Å²) in [6, 6.07) is 6.34. The van der Waals surface area contributed by atoms with Gasteiger partial charge in [0.2, 0.25) is 0 Å². The van der Waals surface area contributed by atoms with E-state index in [0.717, 1.165) is 73.8 Å². The molecule has 1 atom stereocenters. The van der Waals surface area contributed by atoms with Gasteiger partial charge in [-0.05, 0) is 64.0 Å². The molecule has 2 N–H and O–H groups in total. The van der Waals surface area contributed by atoms with E-state index in [0.29, 0.717) is 6.04 Å². The second kappa shape index (κ2) is 9.09. The average molecular weight is 422 g/mol. The molecule has 26 heavy (non-hydrogen) atoms. The van der Waals surface area contributed by atoms with E-state index in [1.807, 2.05) is 18.2 Å². The predicted octanol–water partition coefficient (Wildman–Crippen LogP) is 3.79. The van der Waals surface area contributed by atoms with Crippen molar-refractivity contribution in [3.8, 4) is 0 Å². The zero-order chi connectivity index (χ0) is 16.6. The number of piperidine rings is 1. The van der Waals surface area contributed by atoms with Crippen molar-refractivity contribution < 1.29 is 4.74 Å². The van der Waals surface area contributed by atoms with E-state index >= 15 is 0 Å². The van der Waals surface area contributed by atoms with Crippen molar-refractivity contribution in [2.24, 2.45) is 0 Å². The van der Waals surface area contributed by atoms with Crippen LogP contribution < -0.4 is 5.32 Å². The molecule has 1 aromatic heterocycles. The Morgan fingerprint density at radius 2 is 2.08 bits per heavy atom. The quantitative estimate of drug-likeness (QED) is 0.791. The second-order valence-electron chi connectivity index (χ2n) is 7.19.